The van der Waals surface area contributed by atoms with E-state index in [0.29, 0.717) is 37.8 Å². The van der Waals surface area contributed by atoms with Gasteiger partial charge in [-0.1, -0.05) is 5.16 Å². The Labute approximate surface area is 117 Å². The van der Waals surface area contributed by atoms with Gasteiger partial charge in [0.15, 0.2) is 11.6 Å². The van der Waals surface area contributed by atoms with Gasteiger partial charge in [0.1, 0.15) is 18.2 Å². The minimum absolute atomic E-state index is 0.394. The van der Waals surface area contributed by atoms with Crippen molar-refractivity contribution in [3.05, 3.63) is 24.1 Å². The molecule has 0 aliphatic carbocycles. The molecule has 8 heteroatoms. The van der Waals surface area contributed by atoms with Crippen LogP contribution in [0.4, 0.5) is 11.6 Å². The van der Waals surface area contributed by atoms with E-state index in [0.717, 1.165) is 11.6 Å². The number of ether oxygens (including phenoxy) is 1. The summed E-state index contributed by atoms with van der Waals surface area (Å²) in [6, 6.07) is 1.84. The SMILES string of the molecule is CCOCc1nc(NC)cc(NCCc2ncon2)n1. The fourth-order valence-corrected chi connectivity index (χ4v) is 1.58. The molecule has 0 aliphatic rings. The second-order valence-corrected chi connectivity index (χ2v) is 3.97. The lowest BCUT2D eigenvalue weighted by Crippen LogP contribution is -2.10. The van der Waals surface area contributed by atoms with E-state index < -0.39 is 0 Å². The molecule has 2 heterocycles. The second kappa shape index (κ2) is 7.39. The smallest absolute Gasteiger partial charge is 0.213 e. The molecule has 2 N–H and O–H groups in total. The van der Waals surface area contributed by atoms with Gasteiger partial charge in [-0.05, 0) is 6.92 Å². The maximum absolute atomic E-state index is 5.32. The van der Waals surface area contributed by atoms with Crippen LogP contribution in [0.25, 0.3) is 0 Å². The first-order valence-electron chi connectivity index (χ1n) is 6.44. The first-order chi connectivity index (χ1) is 9.81. The van der Waals surface area contributed by atoms with Crippen molar-refractivity contribution in [2.24, 2.45) is 0 Å². The van der Waals surface area contributed by atoms with Crippen LogP contribution in [0.2, 0.25) is 0 Å². The third kappa shape index (κ3) is 4.16. The highest BCUT2D eigenvalue weighted by atomic mass is 16.5. The average Bonchev–Trinajstić information content (AvgIpc) is 2.98. The quantitative estimate of drug-likeness (QED) is 0.740. The Morgan fingerprint density at radius 1 is 1.25 bits per heavy atom. The van der Waals surface area contributed by atoms with E-state index in [1.54, 1.807) is 0 Å². The second-order valence-electron chi connectivity index (χ2n) is 3.97. The Hall–Kier alpha value is -2.22. The highest BCUT2D eigenvalue weighted by molar-refractivity contribution is 5.47. The monoisotopic (exact) mass is 278 g/mol. The predicted octanol–water partition coefficient (Wildman–Crippen LogP) is 1.09. The molecule has 0 aromatic carbocycles. The van der Waals surface area contributed by atoms with Crippen LogP contribution in [0.3, 0.4) is 0 Å². The lowest BCUT2D eigenvalue weighted by molar-refractivity contribution is 0.128. The van der Waals surface area contributed by atoms with Gasteiger partial charge in [-0.3, -0.25) is 0 Å². The van der Waals surface area contributed by atoms with E-state index in [2.05, 4.69) is 35.3 Å². The van der Waals surface area contributed by atoms with Gasteiger partial charge in [0, 0.05) is 32.7 Å². The molecule has 0 amide bonds. The molecule has 0 unspecified atom stereocenters. The van der Waals surface area contributed by atoms with Crippen molar-refractivity contribution in [1.82, 2.24) is 20.1 Å². The first kappa shape index (κ1) is 14.2. The fraction of sp³-hybridized carbons (Fsp3) is 0.500. The molecule has 0 fully saturated rings. The largest absolute Gasteiger partial charge is 0.374 e. The summed E-state index contributed by atoms with van der Waals surface area (Å²) in [4.78, 5) is 12.7. The number of anilines is 2. The van der Waals surface area contributed by atoms with E-state index in [1.807, 2.05) is 20.0 Å². The third-order valence-electron chi connectivity index (χ3n) is 2.53. The molecule has 0 spiro atoms. The predicted molar refractivity (Wildman–Crippen MR) is 73.4 cm³/mol. The summed E-state index contributed by atoms with van der Waals surface area (Å²) in [6.07, 6.45) is 1.98. The molecule has 0 saturated carbocycles. The molecule has 0 aliphatic heterocycles. The molecule has 2 aromatic heterocycles. The third-order valence-corrected chi connectivity index (χ3v) is 2.53. The molecular formula is C12H18N6O2. The lowest BCUT2D eigenvalue weighted by atomic mass is 10.4. The van der Waals surface area contributed by atoms with Crippen molar-refractivity contribution in [2.45, 2.75) is 20.0 Å². The van der Waals surface area contributed by atoms with E-state index in [-0.39, 0.29) is 0 Å². The van der Waals surface area contributed by atoms with Crippen molar-refractivity contribution < 1.29 is 9.26 Å². The maximum Gasteiger partial charge on any atom is 0.213 e. The molecule has 8 nitrogen and oxygen atoms in total. The number of aromatic nitrogens is 4. The summed E-state index contributed by atoms with van der Waals surface area (Å²) in [5.74, 6) is 2.79. The van der Waals surface area contributed by atoms with Crippen LogP contribution in [0.15, 0.2) is 17.0 Å². The van der Waals surface area contributed by atoms with Crippen LogP contribution in [-0.2, 0) is 17.8 Å². The maximum atomic E-state index is 5.32. The topological polar surface area (TPSA) is 98.0 Å². The molecule has 2 rings (SSSR count). The van der Waals surface area contributed by atoms with Crippen LogP contribution in [-0.4, -0.2) is 40.3 Å². The summed E-state index contributed by atoms with van der Waals surface area (Å²) >= 11 is 0. The molecule has 20 heavy (non-hydrogen) atoms. The van der Waals surface area contributed by atoms with Gasteiger partial charge in [0.25, 0.3) is 0 Å². The summed E-state index contributed by atoms with van der Waals surface area (Å²) in [7, 11) is 1.82. The van der Waals surface area contributed by atoms with Gasteiger partial charge in [-0.25, -0.2) is 9.97 Å². The summed E-state index contributed by atoms with van der Waals surface area (Å²) < 4.78 is 10.0. The zero-order chi connectivity index (χ0) is 14.2. The minimum atomic E-state index is 0.394. The number of hydrogen-bond donors (Lipinski definition) is 2. The van der Waals surface area contributed by atoms with Crippen molar-refractivity contribution in [3.63, 3.8) is 0 Å². The molecule has 0 bridgehead atoms. The highest BCUT2D eigenvalue weighted by Crippen LogP contribution is 2.11. The Morgan fingerprint density at radius 2 is 2.10 bits per heavy atom. The van der Waals surface area contributed by atoms with Gasteiger partial charge >= 0.3 is 0 Å². The molecule has 108 valence electrons. The van der Waals surface area contributed by atoms with E-state index in [4.69, 9.17) is 4.74 Å². The van der Waals surface area contributed by atoms with Crippen molar-refractivity contribution in [1.29, 1.82) is 0 Å². The Bertz CT molecular complexity index is 517. The van der Waals surface area contributed by atoms with Crippen LogP contribution < -0.4 is 10.6 Å². The molecule has 0 radical (unpaired) electrons. The zero-order valence-corrected chi connectivity index (χ0v) is 11.6. The Kier molecular flexibility index (Phi) is 5.24. The summed E-state index contributed by atoms with van der Waals surface area (Å²) in [6.45, 7) is 3.62. The average molecular weight is 278 g/mol. The lowest BCUT2D eigenvalue weighted by Gasteiger charge is -2.09. The van der Waals surface area contributed by atoms with Crippen LogP contribution in [0.1, 0.15) is 18.6 Å². The number of nitrogens with zero attached hydrogens (tertiary/aromatic N) is 4. The number of nitrogens with one attached hydrogen (secondary N) is 2. The van der Waals surface area contributed by atoms with Gasteiger partial charge in [-0.2, -0.15) is 4.98 Å². The van der Waals surface area contributed by atoms with Gasteiger partial charge in [0.05, 0.1) is 0 Å². The van der Waals surface area contributed by atoms with Gasteiger partial charge in [-0.15, -0.1) is 0 Å². The van der Waals surface area contributed by atoms with E-state index in [9.17, 15) is 0 Å². The zero-order valence-electron chi connectivity index (χ0n) is 11.6. The van der Waals surface area contributed by atoms with E-state index in [1.165, 1.54) is 6.39 Å². The molecule has 0 atom stereocenters. The summed E-state index contributed by atoms with van der Waals surface area (Å²) in [5, 5.41) is 9.96. The Balaban J connectivity index is 1.94. The standard InChI is InChI=1S/C12H18N6O2/c1-3-19-7-12-16-10(13-2)6-11(17-12)14-5-4-9-15-8-20-18-9/h6,8H,3-5,7H2,1-2H3,(H2,13,14,16,17). The molecular weight excluding hydrogens is 260 g/mol. The van der Waals surface area contributed by atoms with E-state index >= 15 is 0 Å². The number of rotatable bonds is 8. The minimum Gasteiger partial charge on any atom is -0.374 e. The van der Waals surface area contributed by atoms with Crippen molar-refractivity contribution in [2.75, 3.05) is 30.8 Å². The van der Waals surface area contributed by atoms with Crippen LogP contribution in [0, 0.1) is 0 Å². The molecule has 2 aromatic rings. The van der Waals surface area contributed by atoms with Gasteiger partial charge < -0.3 is 19.9 Å². The first-order valence-corrected chi connectivity index (χ1v) is 6.44. The van der Waals surface area contributed by atoms with Crippen LogP contribution >= 0.6 is 0 Å². The fourth-order valence-electron chi connectivity index (χ4n) is 1.58. The van der Waals surface area contributed by atoms with Crippen molar-refractivity contribution >= 4 is 11.6 Å². The normalized spacial score (nSPS) is 10.5. The highest BCUT2D eigenvalue weighted by Gasteiger charge is 2.04. The molecule has 0 saturated heterocycles. The number of hydrogen-bond acceptors (Lipinski definition) is 8. The summed E-state index contributed by atoms with van der Waals surface area (Å²) in [5.41, 5.74) is 0. The van der Waals surface area contributed by atoms with Crippen molar-refractivity contribution in [3.8, 4) is 0 Å². The van der Waals surface area contributed by atoms with Gasteiger partial charge in [0.2, 0.25) is 6.39 Å². The van der Waals surface area contributed by atoms with Crippen LogP contribution in [0.5, 0.6) is 0 Å². The Morgan fingerprint density at radius 3 is 2.80 bits per heavy atom.